The summed E-state index contributed by atoms with van der Waals surface area (Å²) in [6, 6.07) is 6.29. The fraction of sp³-hybridized carbons (Fsp3) is 0.400. The zero-order chi connectivity index (χ0) is 9.31. The Bertz CT molecular complexity index is 363. The Morgan fingerprint density at radius 2 is 2.31 bits per heavy atom. The van der Waals surface area contributed by atoms with Crippen LogP contribution in [0.5, 0.6) is 0 Å². The van der Waals surface area contributed by atoms with Gasteiger partial charge in [-0.2, -0.15) is 5.26 Å². The second kappa shape index (κ2) is 3.09. The number of hydrogen-bond donors (Lipinski definition) is 0. The third kappa shape index (κ3) is 1.24. The van der Waals surface area contributed by atoms with Crippen molar-refractivity contribution < 1.29 is 0 Å². The van der Waals surface area contributed by atoms with Crippen LogP contribution in [0, 0.1) is 11.3 Å². The first kappa shape index (κ1) is 8.66. The van der Waals surface area contributed by atoms with Crippen LogP contribution in [-0.2, 0) is 5.41 Å². The molecule has 0 radical (unpaired) electrons. The molecule has 1 unspecified atom stereocenters. The predicted molar refractivity (Wildman–Crippen MR) is 54.7 cm³/mol. The highest BCUT2D eigenvalue weighted by Crippen LogP contribution is 2.41. The Kier molecular flexibility index (Phi) is 2.06. The normalized spacial score (nSPS) is 18.8. The molecule has 2 rings (SSSR count). The van der Waals surface area contributed by atoms with E-state index in [0.29, 0.717) is 0 Å². The molecule has 1 aliphatic rings. The lowest BCUT2D eigenvalue weighted by atomic mass is 9.67. The molecule has 1 aliphatic carbocycles. The first-order chi connectivity index (χ1) is 6.28. The van der Waals surface area contributed by atoms with Crippen LogP contribution >= 0.6 is 9.24 Å². The SMILES string of the molecule is N#CC1(c2ncccc2P)CCC1. The highest BCUT2D eigenvalue weighted by molar-refractivity contribution is 7.27. The molecule has 0 spiro atoms. The first-order valence-corrected chi connectivity index (χ1v) is 4.98. The lowest BCUT2D eigenvalue weighted by Crippen LogP contribution is -2.36. The van der Waals surface area contributed by atoms with Gasteiger partial charge in [-0.05, 0) is 30.6 Å². The topological polar surface area (TPSA) is 36.7 Å². The van der Waals surface area contributed by atoms with Crippen LogP contribution in [0.25, 0.3) is 0 Å². The molecule has 3 heteroatoms. The molecule has 1 fully saturated rings. The lowest BCUT2D eigenvalue weighted by molar-refractivity contribution is 0.318. The van der Waals surface area contributed by atoms with Gasteiger partial charge in [-0.1, -0.05) is 6.07 Å². The van der Waals surface area contributed by atoms with Gasteiger partial charge in [0.25, 0.3) is 0 Å². The quantitative estimate of drug-likeness (QED) is 0.629. The van der Waals surface area contributed by atoms with Gasteiger partial charge in [0.15, 0.2) is 0 Å². The molecule has 1 heterocycles. The van der Waals surface area contributed by atoms with Gasteiger partial charge in [0.05, 0.1) is 17.2 Å². The Morgan fingerprint density at radius 1 is 1.54 bits per heavy atom. The van der Waals surface area contributed by atoms with Crippen molar-refractivity contribution in [3.05, 3.63) is 24.0 Å². The number of rotatable bonds is 1. The summed E-state index contributed by atoms with van der Waals surface area (Å²) in [5, 5.41) is 10.2. The van der Waals surface area contributed by atoms with Gasteiger partial charge in [-0.25, -0.2) is 0 Å². The van der Waals surface area contributed by atoms with Crippen molar-refractivity contribution in [2.75, 3.05) is 0 Å². The van der Waals surface area contributed by atoms with E-state index in [9.17, 15) is 0 Å². The molecule has 0 aromatic carbocycles. The minimum Gasteiger partial charge on any atom is -0.259 e. The highest BCUT2D eigenvalue weighted by Gasteiger charge is 2.41. The predicted octanol–water partition coefficient (Wildman–Crippen LogP) is 1.53. The standard InChI is InChI=1S/C10H11N2P/c11-7-10(4-2-5-10)9-8(13)3-1-6-12-9/h1,3,6H,2,4-5,13H2. The van der Waals surface area contributed by atoms with Crippen molar-refractivity contribution in [1.82, 2.24) is 4.98 Å². The van der Waals surface area contributed by atoms with E-state index in [-0.39, 0.29) is 5.41 Å². The van der Waals surface area contributed by atoms with Gasteiger partial charge in [-0.15, -0.1) is 9.24 Å². The van der Waals surface area contributed by atoms with Crippen LogP contribution in [0.15, 0.2) is 18.3 Å². The second-order valence-electron chi connectivity index (χ2n) is 3.49. The van der Waals surface area contributed by atoms with Crippen LogP contribution in [0.1, 0.15) is 25.0 Å². The van der Waals surface area contributed by atoms with Gasteiger partial charge in [-0.3, -0.25) is 4.98 Å². The third-order valence-electron chi connectivity index (χ3n) is 2.71. The van der Waals surface area contributed by atoms with Gasteiger partial charge in [0.2, 0.25) is 0 Å². The van der Waals surface area contributed by atoms with Crippen molar-refractivity contribution >= 4 is 14.5 Å². The molecule has 1 aromatic heterocycles. The molecule has 1 aromatic rings. The number of aromatic nitrogens is 1. The lowest BCUT2D eigenvalue weighted by Gasteiger charge is -2.35. The zero-order valence-electron chi connectivity index (χ0n) is 7.33. The molecule has 0 bridgehead atoms. The minimum absolute atomic E-state index is 0.279. The van der Waals surface area contributed by atoms with Crippen LogP contribution in [0.3, 0.4) is 0 Å². The van der Waals surface area contributed by atoms with E-state index in [1.807, 2.05) is 12.1 Å². The summed E-state index contributed by atoms with van der Waals surface area (Å²) >= 11 is 0. The smallest absolute Gasteiger partial charge is 0.0999 e. The Hall–Kier alpha value is -0.930. The summed E-state index contributed by atoms with van der Waals surface area (Å²) in [4.78, 5) is 4.30. The molecule has 0 N–H and O–H groups in total. The summed E-state index contributed by atoms with van der Waals surface area (Å²) < 4.78 is 0. The van der Waals surface area contributed by atoms with E-state index >= 15 is 0 Å². The second-order valence-corrected chi connectivity index (χ2v) is 4.11. The van der Waals surface area contributed by atoms with Gasteiger partial charge in [0.1, 0.15) is 0 Å². The molecule has 0 aliphatic heterocycles. The maximum atomic E-state index is 9.12. The van der Waals surface area contributed by atoms with Gasteiger partial charge < -0.3 is 0 Å². The van der Waals surface area contributed by atoms with Crippen molar-refractivity contribution in [3.63, 3.8) is 0 Å². The minimum atomic E-state index is -0.279. The number of pyridine rings is 1. The molecule has 1 saturated carbocycles. The van der Waals surface area contributed by atoms with Crippen molar-refractivity contribution in [2.24, 2.45) is 0 Å². The molecular formula is C10H11N2P. The molecule has 1 atom stereocenters. The van der Waals surface area contributed by atoms with Crippen LogP contribution in [0.4, 0.5) is 0 Å². The summed E-state index contributed by atoms with van der Waals surface area (Å²) in [5.41, 5.74) is 0.673. The molecule has 66 valence electrons. The molecule has 0 saturated heterocycles. The molecule has 2 nitrogen and oxygen atoms in total. The van der Waals surface area contributed by atoms with E-state index < -0.39 is 0 Å². The van der Waals surface area contributed by atoms with Crippen molar-refractivity contribution in [1.29, 1.82) is 5.26 Å². The van der Waals surface area contributed by atoms with E-state index in [4.69, 9.17) is 5.26 Å². The van der Waals surface area contributed by atoms with E-state index in [0.717, 1.165) is 30.3 Å². The Morgan fingerprint density at radius 3 is 2.77 bits per heavy atom. The summed E-state index contributed by atoms with van der Waals surface area (Å²) in [7, 11) is 2.65. The molecular weight excluding hydrogens is 179 g/mol. The number of hydrogen-bond acceptors (Lipinski definition) is 2. The van der Waals surface area contributed by atoms with Gasteiger partial charge >= 0.3 is 0 Å². The third-order valence-corrected chi connectivity index (χ3v) is 3.18. The number of nitriles is 1. The average Bonchev–Trinajstić information content (AvgIpc) is 2.07. The first-order valence-electron chi connectivity index (χ1n) is 4.41. The summed E-state index contributed by atoms with van der Waals surface area (Å²) in [5.74, 6) is 0. The van der Waals surface area contributed by atoms with Crippen LogP contribution in [-0.4, -0.2) is 4.98 Å². The Labute approximate surface area is 80.2 Å². The number of nitrogens with zero attached hydrogens (tertiary/aromatic N) is 2. The fourth-order valence-electron chi connectivity index (χ4n) is 1.75. The average molecular weight is 190 g/mol. The van der Waals surface area contributed by atoms with Gasteiger partial charge in [0, 0.05) is 6.20 Å². The van der Waals surface area contributed by atoms with Crippen molar-refractivity contribution in [3.8, 4) is 6.07 Å². The summed E-state index contributed by atoms with van der Waals surface area (Å²) in [6.07, 6.45) is 4.83. The summed E-state index contributed by atoms with van der Waals surface area (Å²) in [6.45, 7) is 0. The fourth-order valence-corrected chi connectivity index (χ4v) is 2.21. The zero-order valence-corrected chi connectivity index (χ0v) is 8.48. The van der Waals surface area contributed by atoms with Crippen LogP contribution < -0.4 is 5.30 Å². The van der Waals surface area contributed by atoms with Crippen molar-refractivity contribution in [2.45, 2.75) is 24.7 Å². The van der Waals surface area contributed by atoms with E-state index in [1.54, 1.807) is 6.20 Å². The van der Waals surface area contributed by atoms with E-state index in [1.165, 1.54) is 0 Å². The maximum absolute atomic E-state index is 9.12. The molecule has 13 heavy (non-hydrogen) atoms. The molecule has 0 amide bonds. The Balaban J connectivity index is 2.46. The maximum Gasteiger partial charge on any atom is 0.0999 e. The monoisotopic (exact) mass is 190 g/mol. The van der Waals surface area contributed by atoms with E-state index in [2.05, 4.69) is 20.3 Å². The van der Waals surface area contributed by atoms with Crippen LogP contribution in [0.2, 0.25) is 0 Å². The highest BCUT2D eigenvalue weighted by atomic mass is 31.0. The largest absolute Gasteiger partial charge is 0.259 e.